The van der Waals surface area contributed by atoms with E-state index in [2.05, 4.69) is 10.5 Å². The Morgan fingerprint density at radius 2 is 1.81 bits per heavy atom. The van der Waals surface area contributed by atoms with Gasteiger partial charge in [-0.05, 0) is 12.1 Å². The van der Waals surface area contributed by atoms with Gasteiger partial charge in [-0.3, -0.25) is 14.9 Å². The molecule has 1 aromatic carbocycles. The predicted octanol–water partition coefficient (Wildman–Crippen LogP) is 0.288. The molecule has 0 bridgehead atoms. The lowest BCUT2D eigenvalue weighted by molar-refractivity contribution is -0.384. The number of primary amides is 1. The van der Waals surface area contributed by atoms with E-state index >= 15 is 0 Å². The standard InChI is InChI=1S/C11H12N2O7S/c12-11(15)20-5-6-21(18,19)7-10(14)8-1-3-9(4-2-8)13(16)17/h1-4H,5-7H2,(H2,12,15). The molecule has 0 saturated heterocycles. The molecule has 0 aromatic heterocycles. The Labute approximate surface area is 119 Å². The van der Waals surface area contributed by atoms with Crippen LogP contribution in [0.3, 0.4) is 0 Å². The summed E-state index contributed by atoms with van der Waals surface area (Å²) in [6, 6.07) is 4.57. The number of Topliss-reactive ketones (excluding diaryl/α,β-unsaturated/α-hetero) is 1. The maximum atomic E-state index is 11.8. The van der Waals surface area contributed by atoms with Crippen LogP contribution in [0.5, 0.6) is 0 Å². The van der Waals surface area contributed by atoms with Crippen molar-refractivity contribution in [3.63, 3.8) is 0 Å². The quantitative estimate of drug-likeness (QED) is 0.432. The number of rotatable bonds is 7. The monoisotopic (exact) mass is 316 g/mol. The second kappa shape index (κ2) is 6.79. The molecule has 0 aliphatic rings. The summed E-state index contributed by atoms with van der Waals surface area (Å²) in [6.45, 7) is -0.439. The second-order valence-electron chi connectivity index (χ2n) is 3.99. The normalized spacial score (nSPS) is 10.9. The third-order valence-corrected chi connectivity index (χ3v) is 3.88. The summed E-state index contributed by atoms with van der Waals surface area (Å²) in [5, 5.41) is 10.5. The van der Waals surface area contributed by atoms with Gasteiger partial charge in [-0.2, -0.15) is 0 Å². The van der Waals surface area contributed by atoms with Gasteiger partial charge in [0.25, 0.3) is 5.69 Å². The van der Waals surface area contributed by atoms with E-state index in [1.165, 1.54) is 12.1 Å². The molecule has 9 nitrogen and oxygen atoms in total. The molecule has 0 spiro atoms. The van der Waals surface area contributed by atoms with E-state index in [9.17, 15) is 28.1 Å². The predicted molar refractivity (Wildman–Crippen MR) is 71.6 cm³/mol. The minimum Gasteiger partial charge on any atom is -0.449 e. The summed E-state index contributed by atoms with van der Waals surface area (Å²) in [6.07, 6.45) is -1.10. The van der Waals surface area contributed by atoms with E-state index in [0.29, 0.717) is 0 Å². The highest BCUT2D eigenvalue weighted by molar-refractivity contribution is 7.92. The van der Waals surface area contributed by atoms with Gasteiger partial charge < -0.3 is 10.5 Å². The van der Waals surface area contributed by atoms with Gasteiger partial charge in [0, 0.05) is 17.7 Å². The van der Waals surface area contributed by atoms with E-state index in [0.717, 1.165) is 12.1 Å². The molecule has 0 fully saturated rings. The summed E-state index contributed by atoms with van der Waals surface area (Å²) in [7, 11) is -3.77. The number of non-ortho nitro benzene ring substituents is 1. The molecule has 0 radical (unpaired) electrons. The fraction of sp³-hybridized carbons (Fsp3) is 0.273. The number of nitrogens with zero attached hydrogens (tertiary/aromatic N) is 1. The van der Waals surface area contributed by atoms with Crippen molar-refractivity contribution in [3.8, 4) is 0 Å². The lowest BCUT2D eigenvalue weighted by Gasteiger charge is -2.04. The number of nitrogens with two attached hydrogens (primary N) is 1. The smallest absolute Gasteiger partial charge is 0.404 e. The molecule has 0 saturated carbocycles. The number of amides is 1. The van der Waals surface area contributed by atoms with Crippen LogP contribution < -0.4 is 5.73 Å². The van der Waals surface area contributed by atoms with Crippen LogP contribution in [-0.2, 0) is 14.6 Å². The number of hydrogen-bond acceptors (Lipinski definition) is 7. The van der Waals surface area contributed by atoms with Gasteiger partial charge in [0.15, 0.2) is 15.6 Å². The van der Waals surface area contributed by atoms with Crippen molar-refractivity contribution in [1.82, 2.24) is 0 Å². The topological polar surface area (TPSA) is 147 Å². The van der Waals surface area contributed by atoms with Gasteiger partial charge in [0.2, 0.25) is 0 Å². The number of hydrogen-bond donors (Lipinski definition) is 1. The van der Waals surface area contributed by atoms with E-state index in [4.69, 9.17) is 0 Å². The first-order chi connectivity index (χ1) is 9.71. The Bertz CT molecular complexity index is 652. The van der Waals surface area contributed by atoms with Gasteiger partial charge in [-0.25, -0.2) is 13.2 Å². The third kappa shape index (κ3) is 5.57. The first kappa shape index (κ1) is 16.6. The number of ketones is 1. The molecule has 2 N–H and O–H groups in total. The lowest BCUT2D eigenvalue weighted by Crippen LogP contribution is -2.24. The summed E-state index contributed by atoms with van der Waals surface area (Å²) in [5.41, 5.74) is 4.51. The maximum absolute atomic E-state index is 11.8. The minimum absolute atomic E-state index is 0.0417. The Kier molecular flexibility index (Phi) is 5.36. The number of ether oxygens (including phenoxy) is 1. The molecule has 0 aliphatic carbocycles. The largest absolute Gasteiger partial charge is 0.449 e. The number of carbonyl (C=O) groups is 2. The fourth-order valence-corrected chi connectivity index (χ4v) is 2.44. The molecule has 1 rings (SSSR count). The highest BCUT2D eigenvalue weighted by Gasteiger charge is 2.19. The number of nitro benzene ring substituents is 1. The number of nitro groups is 1. The van der Waals surface area contributed by atoms with Crippen molar-refractivity contribution in [2.24, 2.45) is 5.73 Å². The van der Waals surface area contributed by atoms with Crippen LogP contribution in [0.4, 0.5) is 10.5 Å². The average molecular weight is 316 g/mol. The van der Waals surface area contributed by atoms with E-state index < -0.39 is 44.7 Å². The summed E-state index contributed by atoms with van der Waals surface area (Å²) < 4.78 is 27.5. The zero-order valence-electron chi connectivity index (χ0n) is 10.7. The Balaban J connectivity index is 2.67. The van der Waals surface area contributed by atoms with E-state index in [-0.39, 0.29) is 11.3 Å². The highest BCUT2D eigenvalue weighted by Crippen LogP contribution is 2.13. The molecule has 0 atom stereocenters. The van der Waals surface area contributed by atoms with Gasteiger partial charge >= 0.3 is 6.09 Å². The second-order valence-corrected chi connectivity index (χ2v) is 6.17. The minimum atomic E-state index is -3.77. The summed E-state index contributed by atoms with van der Waals surface area (Å²) in [4.78, 5) is 31.9. The van der Waals surface area contributed by atoms with Crippen molar-refractivity contribution < 1.29 is 27.7 Å². The SMILES string of the molecule is NC(=O)OCCS(=O)(=O)CC(=O)c1ccc([N+](=O)[O-])cc1. The number of sulfone groups is 1. The van der Waals surface area contributed by atoms with Crippen LogP contribution in [0.15, 0.2) is 24.3 Å². The van der Waals surface area contributed by atoms with E-state index in [1.54, 1.807) is 0 Å². The fourth-order valence-electron chi connectivity index (χ4n) is 1.39. The van der Waals surface area contributed by atoms with Crippen molar-refractivity contribution in [1.29, 1.82) is 0 Å². The zero-order valence-corrected chi connectivity index (χ0v) is 11.5. The number of carbonyl (C=O) groups excluding carboxylic acids is 2. The first-order valence-corrected chi connectivity index (χ1v) is 7.44. The van der Waals surface area contributed by atoms with Gasteiger partial charge in [-0.15, -0.1) is 0 Å². The van der Waals surface area contributed by atoms with Crippen LogP contribution in [-0.4, -0.2) is 43.3 Å². The van der Waals surface area contributed by atoms with Crippen molar-refractivity contribution in [3.05, 3.63) is 39.9 Å². The van der Waals surface area contributed by atoms with Crippen molar-refractivity contribution >= 4 is 27.4 Å². The molecule has 1 amide bonds. The molecule has 0 heterocycles. The van der Waals surface area contributed by atoms with E-state index in [1.807, 2.05) is 0 Å². The molecular formula is C11H12N2O7S. The van der Waals surface area contributed by atoms with Crippen LogP contribution in [0.25, 0.3) is 0 Å². The Morgan fingerprint density at radius 1 is 1.24 bits per heavy atom. The molecule has 1 aromatic rings. The van der Waals surface area contributed by atoms with Gasteiger partial charge in [0.1, 0.15) is 12.4 Å². The van der Waals surface area contributed by atoms with Crippen LogP contribution in [0, 0.1) is 10.1 Å². The zero-order chi connectivity index (χ0) is 16.0. The first-order valence-electron chi connectivity index (χ1n) is 5.61. The molecule has 10 heteroatoms. The number of benzene rings is 1. The molecule has 0 aliphatic heterocycles. The van der Waals surface area contributed by atoms with Crippen molar-refractivity contribution in [2.45, 2.75) is 0 Å². The summed E-state index contributed by atoms with van der Waals surface area (Å²) in [5.74, 6) is -2.02. The summed E-state index contributed by atoms with van der Waals surface area (Å²) >= 11 is 0. The lowest BCUT2D eigenvalue weighted by atomic mass is 10.1. The third-order valence-electron chi connectivity index (χ3n) is 2.39. The van der Waals surface area contributed by atoms with Crippen molar-refractivity contribution in [2.75, 3.05) is 18.1 Å². The van der Waals surface area contributed by atoms with Gasteiger partial charge in [0.05, 0.1) is 10.7 Å². The molecule has 0 unspecified atom stereocenters. The molecule has 114 valence electrons. The van der Waals surface area contributed by atoms with Crippen LogP contribution >= 0.6 is 0 Å². The van der Waals surface area contributed by atoms with Crippen LogP contribution in [0.2, 0.25) is 0 Å². The van der Waals surface area contributed by atoms with Crippen LogP contribution in [0.1, 0.15) is 10.4 Å². The average Bonchev–Trinajstić information content (AvgIpc) is 2.37. The highest BCUT2D eigenvalue weighted by atomic mass is 32.2. The molecular weight excluding hydrogens is 304 g/mol. The maximum Gasteiger partial charge on any atom is 0.404 e. The molecule has 21 heavy (non-hydrogen) atoms. The van der Waals surface area contributed by atoms with Gasteiger partial charge in [-0.1, -0.05) is 0 Å². The Morgan fingerprint density at radius 3 is 2.29 bits per heavy atom. The Hall–Kier alpha value is -2.49.